The summed E-state index contributed by atoms with van der Waals surface area (Å²) in [4.78, 5) is 0. The summed E-state index contributed by atoms with van der Waals surface area (Å²) >= 11 is 0. The fourth-order valence-electron chi connectivity index (χ4n) is 2.74. The van der Waals surface area contributed by atoms with Gasteiger partial charge in [0.2, 0.25) is 0 Å². The molecule has 108 valence electrons. The lowest BCUT2D eigenvalue weighted by Crippen LogP contribution is -2.02. The van der Waals surface area contributed by atoms with Crippen LogP contribution in [0.15, 0.2) is 24.3 Å². The first kappa shape index (κ1) is 14.7. The second-order valence-electron chi connectivity index (χ2n) is 4.81. The fourth-order valence-corrected chi connectivity index (χ4v) is 2.74. The first-order chi connectivity index (χ1) is 9.74. The van der Waals surface area contributed by atoms with E-state index in [1.54, 1.807) is 21.3 Å². The van der Waals surface area contributed by atoms with Crippen molar-refractivity contribution in [1.82, 2.24) is 0 Å². The predicted octanol–water partition coefficient (Wildman–Crippen LogP) is 3.74. The van der Waals surface area contributed by atoms with Gasteiger partial charge < -0.3 is 14.2 Å². The van der Waals surface area contributed by atoms with Crippen molar-refractivity contribution in [2.45, 2.75) is 19.8 Å². The van der Waals surface area contributed by atoms with E-state index in [-0.39, 0.29) is 0 Å². The molecule has 0 unspecified atom stereocenters. The van der Waals surface area contributed by atoms with Gasteiger partial charge in [-0.15, -0.1) is 0 Å². The molecule has 0 N–H and O–H groups in total. The summed E-state index contributed by atoms with van der Waals surface area (Å²) in [6.45, 7) is 2.84. The van der Waals surface area contributed by atoms with E-state index >= 15 is 0 Å². The molecule has 0 bridgehead atoms. The number of ether oxygens (including phenoxy) is 3. The highest BCUT2D eigenvalue weighted by Gasteiger charge is 2.17. The third-order valence-electron chi connectivity index (χ3n) is 3.67. The normalized spacial score (nSPS) is 10.8. The molecule has 0 aliphatic rings. The number of hydrogen-bond acceptors (Lipinski definition) is 3. The molecular formula is C17H22O3. The molecule has 0 aliphatic heterocycles. The summed E-state index contributed by atoms with van der Waals surface area (Å²) < 4.78 is 16.4. The highest BCUT2D eigenvalue weighted by molar-refractivity contribution is 5.96. The largest absolute Gasteiger partial charge is 0.496 e. The lowest BCUT2D eigenvalue weighted by molar-refractivity contribution is 0.195. The summed E-state index contributed by atoms with van der Waals surface area (Å²) in [7, 11) is 5.18. The summed E-state index contributed by atoms with van der Waals surface area (Å²) in [5.41, 5.74) is 2.36. The van der Waals surface area contributed by atoms with E-state index in [1.165, 1.54) is 5.56 Å². The SMILES string of the molecule is COCCCc1c(C)c(OC)c2ccccc2c1OC. The maximum absolute atomic E-state index is 5.67. The van der Waals surface area contributed by atoms with Gasteiger partial charge in [0.25, 0.3) is 0 Å². The van der Waals surface area contributed by atoms with Gasteiger partial charge in [-0.1, -0.05) is 24.3 Å². The summed E-state index contributed by atoms with van der Waals surface area (Å²) in [5, 5.41) is 2.20. The van der Waals surface area contributed by atoms with Crippen molar-refractivity contribution in [3.05, 3.63) is 35.4 Å². The lowest BCUT2D eigenvalue weighted by atomic mass is 9.95. The second-order valence-corrected chi connectivity index (χ2v) is 4.81. The van der Waals surface area contributed by atoms with Crippen LogP contribution >= 0.6 is 0 Å². The van der Waals surface area contributed by atoms with E-state index < -0.39 is 0 Å². The Balaban J connectivity index is 2.62. The van der Waals surface area contributed by atoms with Gasteiger partial charge in [0.1, 0.15) is 11.5 Å². The molecule has 3 heteroatoms. The minimum absolute atomic E-state index is 0.748. The van der Waals surface area contributed by atoms with E-state index in [1.807, 2.05) is 12.1 Å². The van der Waals surface area contributed by atoms with Gasteiger partial charge in [0, 0.05) is 30.1 Å². The Morgan fingerprint density at radius 3 is 2.05 bits per heavy atom. The van der Waals surface area contributed by atoms with Gasteiger partial charge in [-0.25, -0.2) is 0 Å². The van der Waals surface area contributed by atoms with Gasteiger partial charge in [-0.2, -0.15) is 0 Å². The van der Waals surface area contributed by atoms with Gasteiger partial charge >= 0.3 is 0 Å². The van der Waals surface area contributed by atoms with Crippen LogP contribution in [0.1, 0.15) is 17.5 Å². The van der Waals surface area contributed by atoms with Gasteiger partial charge in [0.05, 0.1) is 14.2 Å². The Hall–Kier alpha value is -1.74. The Bertz CT molecular complexity index is 590. The van der Waals surface area contributed by atoms with Crippen LogP contribution < -0.4 is 9.47 Å². The van der Waals surface area contributed by atoms with Gasteiger partial charge in [-0.3, -0.25) is 0 Å². The first-order valence-corrected chi connectivity index (χ1v) is 6.85. The standard InChI is InChI=1S/C17H22O3/c1-12-13(10-7-11-18-2)17(20-4)15-9-6-5-8-14(15)16(12)19-3/h5-6,8-9H,7,10-11H2,1-4H3. The monoisotopic (exact) mass is 274 g/mol. The van der Waals surface area contributed by atoms with Crippen LogP contribution in [-0.4, -0.2) is 27.9 Å². The molecule has 0 atom stereocenters. The van der Waals surface area contributed by atoms with Crippen LogP contribution in [0.4, 0.5) is 0 Å². The molecule has 2 aromatic carbocycles. The van der Waals surface area contributed by atoms with E-state index in [0.717, 1.165) is 47.3 Å². The predicted molar refractivity (Wildman–Crippen MR) is 82.0 cm³/mol. The Morgan fingerprint density at radius 2 is 1.50 bits per heavy atom. The molecule has 2 rings (SSSR count). The zero-order valence-electron chi connectivity index (χ0n) is 12.7. The van der Waals surface area contributed by atoms with E-state index in [2.05, 4.69) is 19.1 Å². The number of benzene rings is 2. The summed E-state index contributed by atoms with van der Waals surface area (Å²) in [6.07, 6.45) is 1.89. The molecule has 0 heterocycles. The van der Waals surface area contributed by atoms with Gasteiger partial charge in [0.15, 0.2) is 0 Å². The zero-order chi connectivity index (χ0) is 14.5. The third-order valence-corrected chi connectivity index (χ3v) is 3.67. The Morgan fingerprint density at radius 1 is 0.900 bits per heavy atom. The lowest BCUT2D eigenvalue weighted by Gasteiger charge is -2.18. The van der Waals surface area contributed by atoms with Crippen LogP contribution in [0.3, 0.4) is 0 Å². The molecule has 0 saturated heterocycles. The van der Waals surface area contributed by atoms with Crippen LogP contribution in [0.5, 0.6) is 11.5 Å². The molecule has 0 aliphatic carbocycles. The summed E-state index contributed by atoms with van der Waals surface area (Å²) in [5.74, 6) is 1.89. The number of fused-ring (bicyclic) bond motifs is 1. The molecule has 0 aromatic heterocycles. The number of rotatable bonds is 6. The van der Waals surface area contributed by atoms with Crippen LogP contribution in [0.25, 0.3) is 10.8 Å². The molecule has 3 nitrogen and oxygen atoms in total. The van der Waals surface area contributed by atoms with Gasteiger partial charge in [-0.05, 0) is 25.3 Å². The van der Waals surface area contributed by atoms with Crippen molar-refractivity contribution in [3.8, 4) is 11.5 Å². The molecule has 0 radical (unpaired) electrons. The van der Waals surface area contributed by atoms with E-state index in [0.29, 0.717) is 0 Å². The Labute approximate surface area is 120 Å². The Kier molecular flexibility index (Phi) is 4.85. The third kappa shape index (κ3) is 2.59. The first-order valence-electron chi connectivity index (χ1n) is 6.85. The number of methoxy groups -OCH3 is 3. The second kappa shape index (κ2) is 6.62. The minimum Gasteiger partial charge on any atom is -0.496 e. The molecule has 0 saturated carbocycles. The van der Waals surface area contributed by atoms with Crippen molar-refractivity contribution < 1.29 is 14.2 Å². The molecule has 0 amide bonds. The van der Waals surface area contributed by atoms with Crippen molar-refractivity contribution in [3.63, 3.8) is 0 Å². The highest BCUT2D eigenvalue weighted by atomic mass is 16.5. The minimum atomic E-state index is 0.748. The maximum atomic E-state index is 5.67. The average Bonchev–Trinajstić information content (AvgIpc) is 2.48. The molecule has 0 fully saturated rings. The molecule has 2 aromatic rings. The van der Waals surface area contributed by atoms with E-state index in [9.17, 15) is 0 Å². The van der Waals surface area contributed by atoms with E-state index in [4.69, 9.17) is 14.2 Å². The number of hydrogen-bond donors (Lipinski definition) is 0. The van der Waals surface area contributed by atoms with Crippen molar-refractivity contribution in [2.24, 2.45) is 0 Å². The molecular weight excluding hydrogens is 252 g/mol. The molecule has 20 heavy (non-hydrogen) atoms. The van der Waals surface area contributed by atoms with Crippen molar-refractivity contribution >= 4 is 10.8 Å². The highest BCUT2D eigenvalue weighted by Crippen LogP contribution is 2.40. The van der Waals surface area contributed by atoms with Crippen molar-refractivity contribution in [2.75, 3.05) is 27.9 Å². The topological polar surface area (TPSA) is 27.7 Å². The van der Waals surface area contributed by atoms with Crippen LogP contribution in [0, 0.1) is 6.92 Å². The summed E-state index contributed by atoms with van der Waals surface area (Å²) in [6, 6.07) is 8.20. The fraction of sp³-hybridized carbons (Fsp3) is 0.412. The van der Waals surface area contributed by atoms with Crippen molar-refractivity contribution in [1.29, 1.82) is 0 Å². The quantitative estimate of drug-likeness (QED) is 0.751. The van der Waals surface area contributed by atoms with Crippen LogP contribution in [0.2, 0.25) is 0 Å². The smallest absolute Gasteiger partial charge is 0.130 e. The average molecular weight is 274 g/mol. The maximum Gasteiger partial charge on any atom is 0.130 e. The molecule has 0 spiro atoms. The van der Waals surface area contributed by atoms with Crippen LogP contribution in [-0.2, 0) is 11.2 Å². The zero-order valence-corrected chi connectivity index (χ0v) is 12.7.